The lowest BCUT2D eigenvalue weighted by Gasteiger charge is -2.20. The molecule has 2 N–H and O–H groups in total. The molecule has 1 aliphatic rings. The van der Waals surface area contributed by atoms with E-state index in [0.717, 1.165) is 29.7 Å². The highest BCUT2D eigenvalue weighted by atomic mass is 32.1. The number of ether oxygens (including phenoxy) is 1. The van der Waals surface area contributed by atoms with Crippen molar-refractivity contribution < 1.29 is 9.53 Å². The Morgan fingerprint density at radius 2 is 2.50 bits per heavy atom. The van der Waals surface area contributed by atoms with Crippen LogP contribution in [0.5, 0.6) is 0 Å². The molecule has 1 saturated heterocycles. The van der Waals surface area contributed by atoms with Crippen LogP contribution in [-0.2, 0) is 4.74 Å². The number of hydrogen-bond acceptors (Lipinski definition) is 5. The number of anilines is 1. The minimum atomic E-state index is -0.0546. The van der Waals surface area contributed by atoms with Crippen molar-refractivity contribution in [3.05, 3.63) is 23.2 Å². The summed E-state index contributed by atoms with van der Waals surface area (Å²) in [5.74, 6) is -0.0546. The van der Waals surface area contributed by atoms with Gasteiger partial charge in [0.05, 0.1) is 11.8 Å². The molecule has 0 radical (unpaired) electrons. The Morgan fingerprint density at radius 3 is 3.20 bits per heavy atom. The van der Waals surface area contributed by atoms with Gasteiger partial charge in [-0.3, -0.25) is 4.79 Å². The summed E-state index contributed by atoms with van der Waals surface area (Å²) in [5, 5.41) is 0.853. The predicted octanol–water partition coefficient (Wildman–Crippen LogP) is 2.13. The van der Waals surface area contributed by atoms with Crippen LogP contribution in [0.2, 0.25) is 0 Å². The van der Waals surface area contributed by atoms with Gasteiger partial charge in [-0.1, -0.05) is 0 Å². The molecule has 5 nitrogen and oxygen atoms in total. The Morgan fingerprint density at radius 1 is 1.65 bits per heavy atom. The van der Waals surface area contributed by atoms with Crippen molar-refractivity contribution in [2.45, 2.75) is 18.9 Å². The number of pyridine rings is 1. The number of likely N-dealkylation sites (N-methyl/N-ethyl adjacent to an activating group) is 1. The molecule has 2 aromatic rings. The second-order valence-corrected chi connectivity index (χ2v) is 6.02. The van der Waals surface area contributed by atoms with Gasteiger partial charge in [-0.05, 0) is 25.0 Å². The number of thiophene rings is 1. The normalized spacial score (nSPS) is 18.6. The van der Waals surface area contributed by atoms with Gasteiger partial charge < -0.3 is 15.4 Å². The number of aromatic nitrogens is 1. The van der Waals surface area contributed by atoms with E-state index in [0.29, 0.717) is 17.1 Å². The fourth-order valence-electron chi connectivity index (χ4n) is 2.46. The highest BCUT2D eigenvalue weighted by Gasteiger charge is 2.24. The minimum absolute atomic E-state index is 0.0546. The molecule has 0 saturated carbocycles. The van der Waals surface area contributed by atoms with Crippen LogP contribution in [0.25, 0.3) is 10.2 Å². The molecule has 2 aromatic heterocycles. The highest BCUT2D eigenvalue weighted by molar-refractivity contribution is 7.21. The first-order valence-corrected chi connectivity index (χ1v) is 7.48. The maximum atomic E-state index is 12.5. The lowest BCUT2D eigenvalue weighted by molar-refractivity contribution is 0.0591. The van der Waals surface area contributed by atoms with E-state index in [1.807, 2.05) is 12.1 Å². The quantitative estimate of drug-likeness (QED) is 0.940. The summed E-state index contributed by atoms with van der Waals surface area (Å²) in [7, 11) is 1.79. The van der Waals surface area contributed by atoms with Gasteiger partial charge in [-0.15, -0.1) is 11.3 Å². The largest absolute Gasteiger partial charge is 0.397 e. The first kappa shape index (κ1) is 13.3. The Labute approximate surface area is 121 Å². The van der Waals surface area contributed by atoms with Crippen LogP contribution < -0.4 is 5.73 Å². The van der Waals surface area contributed by atoms with E-state index in [4.69, 9.17) is 10.5 Å². The molecule has 0 aliphatic carbocycles. The molecule has 20 heavy (non-hydrogen) atoms. The smallest absolute Gasteiger partial charge is 0.265 e. The Balaban J connectivity index is 1.82. The molecule has 6 heteroatoms. The Kier molecular flexibility index (Phi) is 3.58. The second-order valence-electron chi connectivity index (χ2n) is 5.02. The molecule has 1 atom stereocenters. The van der Waals surface area contributed by atoms with E-state index >= 15 is 0 Å². The Bertz CT molecular complexity index is 634. The van der Waals surface area contributed by atoms with Crippen molar-refractivity contribution >= 4 is 33.1 Å². The number of carbonyl (C=O) groups excluding carboxylic acids is 1. The van der Waals surface area contributed by atoms with Crippen LogP contribution >= 0.6 is 11.3 Å². The fourth-order valence-corrected chi connectivity index (χ4v) is 3.52. The predicted molar refractivity (Wildman–Crippen MR) is 80.0 cm³/mol. The second kappa shape index (κ2) is 5.38. The van der Waals surface area contributed by atoms with Crippen LogP contribution in [-0.4, -0.2) is 42.1 Å². The summed E-state index contributed by atoms with van der Waals surface area (Å²) in [6.45, 7) is 1.40. The van der Waals surface area contributed by atoms with Crippen molar-refractivity contribution in [3.8, 4) is 0 Å². The molecule has 3 heterocycles. The summed E-state index contributed by atoms with van der Waals surface area (Å²) in [4.78, 5) is 19.8. The van der Waals surface area contributed by atoms with Gasteiger partial charge in [0.1, 0.15) is 9.71 Å². The van der Waals surface area contributed by atoms with Crippen molar-refractivity contribution in [1.29, 1.82) is 0 Å². The first-order chi connectivity index (χ1) is 9.66. The number of amides is 1. The molecule has 0 spiro atoms. The number of nitrogen functional groups attached to an aromatic ring is 1. The van der Waals surface area contributed by atoms with Crippen molar-refractivity contribution in [3.63, 3.8) is 0 Å². The molecular weight excluding hydrogens is 274 g/mol. The van der Waals surface area contributed by atoms with Crippen molar-refractivity contribution in [2.75, 3.05) is 25.9 Å². The molecule has 106 valence electrons. The lowest BCUT2D eigenvalue weighted by atomic mass is 10.2. The van der Waals surface area contributed by atoms with E-state index in [2.05, 4.69) is 4.98 Å². The molecule has 1 aliphatic heterocycles. The van der Waals surface area contributed by atoms with Crippen molar-refractivity contribution in [1.82, 2.24) is 9.88 Å². The van der Waals surface area contributed by atoms with E-state index < -0.39 is 0 Å². The standard InChI is InChI=1S/C14H17N3O2S/c1-17(8-9-4-3-7-19-9)14(18)12-11(15)10-5-2-6-16-13(10)20-12/h2,5-6,9H,3-4,7-8,15H2,1H3. The highest BCUT2D eigenvalue weighted by Crippen LogP contribution is 2.32. The lowest BCUT2D eigenvalue weighted by Crippen LogP contribution is -2.33. The molecule has 0 aromatic carbocycles. The molecule has 3 rings (SSSR count). The first-order valence-electron chi connectivity index (χ1n) is 6.67. The van der Waals surface area contributed by atoms with Crippen LogP contribution in [0.15, 0.2) is 18.3 Å². The van der Waals surface area contributed by atoms with Gasteiger partial charge >= 0.3 is 0 Å². The average Bonchev–Trinajstić information content (AvgIpc) is 3.07. The number of carbonyl (C=O) groups is 1. The summed E-state index contributed by atoms with van der Waals surface area (Å²) >= 11 is 1.35. The maximum absolute atomic E-state index is 12.5. The third kappa shape index (κ3) is 2.36. The van der Waals surface area contributed by atoms with Crippen LogP contribution in [0.3, 0.4) is 0 Å². The molecule has 1 unspecified atom stereocenters. The molecule has 1 fully saturated rings. The number of nitrogens with zero attached hydrogens (tertiary/aromatic N) is 2. The maximum Gasteiger partial charge on any atom is 0.265 e. The fraction of sp³-hybridized carbons (Fsp3) is 0.429. The van der Waals surface area contributed by atoms with Gasteiger partial charge in [0.2, 0.25) is 0 Å². The topological polar surface area (TPSA) is 68.5 Å². The summed E-state index contributed by atoms with van der Waals surface area (Å²) < 4.78 is 5.56. The average molecular weight is 291 g/mol. The van der Waals surface area contributed by atoms with E-state index in [9.17, 15) is 4.79 Å². The molecule has 0 bridgehead atoms. The van der Waals surface area contributed by atoms with Crippen molar-refractivity contribution in [2.24, 2.45) is 0 Å². The van der Waals surface area contributed by atoms with E-state index in [1.165, 1.54) is 11.3 Å². The number of nitrogens with two attached hydrogens (primary N) is 1. The Hall–Kier alpha value is -1.66. The zero-order valence-corrected chi connectivity index (χ0v) is 12.2. The molecule has 1 amide bonds. The number of rotatable bonds is 3. The molecular formula is C14H17N3O2S. The third-order valence-corrected chi connectivity index (χ3v) is 4.66. The minimum Gasteiger partial charge on any atom is -0.397 e. The van der Waals surface area contributed by atoms with Crippen LogP contribution in [0, 0.1) is 0 Å². The van der Waals surface area contributed by atoms with Crippen LogP contribution in [0.1, 0.15) is 22.5 Å². The van der Waals surface area contributed by atoms with Gasteiger partial charge in [0.25, 0.3) is 5.91 Å². The summed E-state index contributed by atoms with van der Waals surface area (Å²) in [6, 6.07) is 3.72. The number of fused-ring (bicyclic) bond motifs is 1. The van der Waals surface area contributed by atoms with Gasteiger partial charge in [0.15, 0.2) is 0 Å². The summed E-state index contributed by atoms with van der Waals surface area (Å²) in [6.07, 6.45) is 3.95. The van der Waals surface area contributed by atoms with Crippen LogP contribution in [0.4, 0.5) is 5.69 Å². The van der Waals surface area contributed by atoms with E-state index in [1.54, 1.807) is 18.1 Å². The number of hydrogen-bond donors (Lipinski definition) is 1. The van der Waals surface area contributed by atoms with Gasteiger partial charge in [0, 0.05) is 31.8 Å². The summed E-state index contributed by atoms with van der Waals surface area (Å²) in [5.41, 5.74) is 6.61. The third-order valence-electron chi connectivity index (χ3n) is 3.55. The SMILES string of the molecule is CN(CC1CCCO1)C(=O)c1sc2ncccc2c1N. The zero-order valence-electron chi connectivity index (χ0n) is 11.3. The monoisotopic (exact) mass is 291 g/mol. The zero-order chi connectivity index (χ0) is 14.1. The van der Waals surface area contributed by atoms with Gasteiger partial charge in [-0.2, -0.15) is 0 Å². The van der Waals surface area contributed by atoms with E-state index in [-0.39, 0.29) is 12.0 Å². The van der Waals surface area contributed by atoms with Gasteiger partial charge in [-0.25, -0.2) is 4.98 Å².